The molecule has 0 bridgehead atoms. The van der Waals surface area contributed by atoms with Gasteiger partial charge in [-0.3, -0.25) is 9.69 Å². The van der Waals surface area contributed by atoms with E-state index in [0.717, 1.165) is 13.1 Å². The first-order chi connectivity index (χ1) is 5.54. The summed E-state index contributed by atoms with van der Waals surface area (Å²) in [6.45, 7) is 9.45. The van der Waals surface area contributed by atoms with Crippen molar-refractivity contribution in [2.75, 3.05) is 13.1 Å². The second-order valence-electron chi connectivity index (χ2n) is 3.25. The van der Waals surface area contributed by atoms with E-state index in [2.05, 4.69) is 0 Å². The first kappa shape index (κ1) is 15.2. The number of likely N-dealkylation sites (N-methyl/N-ethyl adjacent to an activating group) is 1. The second kappa shape index (κ2) is 7.15. The first-order valence-electron chi connectivity index (χ1n) is 4.51. The average Bonchev–Trinajstić information content (AvgIpc) is 1.98. The number of hydrogen-bond acceptors (Lipinski definition) is 2. The van der Waals surface area contributed by atoms with Crippen LogP contribution in [0.3, 0.4) is 0 Å². The fourth-order valence-electron chi connectivity index (χ4n) is 1.48. The summed E-state index contributed by atoms with van der Waals surface area (Å²) in [4.78, 5) is 12.8. The fraction of sp³-hybridized carbons (Fsp3) is 0.889. The van der Waals surface area contributed by atoms with Crippen LogP contribution in [-0.4, -0.2) is 35.1 Å². The van der Waals surface area contributed by atoms with Crippen molar-refractivity contribution in [3.8, 4) is 0 Å². The number of rotatable bonds is 5. The van der Waals surface area contributed by atoms with E-state index in [4.69, 9.17) is 5.11 Å². The maximum atomic E-state index is 10.9. The Bertz CT molecular complexity index is 147. The molecule has 3 nitrogen and oxygen atoms in total. The lowest BCUT2D eigenvalue weighted by atomic mass is 10.0. The first-order valence-corrected chi connectivity index (χ1v) is 4.51. The molecule has 0 aromatic rings. The molecular weight excluding hydrogens is 190 g/mol. The van der Waals surface area contributed by atoms with E-state index >= 15 is 0 Å². The van der Waals surface area contributed by atoms with E-state index in [9.17, 15) is 4.79 Å². The highest BCUT2D eigenvalue weighted by Crippen LogP contribution is 2.10. The summed E-state index contributed by atoms with van der Waals surface area (Å²) in [5, 5.41) is 8.93. The van der Waals surface area contributed by atoms with Crippen molar-refractivity contribution in [2.24, 2.45) is 5.92 Å². The normalized spacial score (nSPS) is 12.8. The van der Waals surface area contributed by atoms with Crippen LogP contribution in [-0.2, 0) is 4.79 Å². The van der Waals surface area contributed by atoms with Crippen molar-refractivity contribution in [3.63, 3.8) is 0 Å². The Morgan fingerprint density at radius 1 is 1.31 bits per heavy atom. The quantitative estimate of drug-likeness (QED) is 0.752. The summed E-state index contributed by atoms with van der Waals surface area (Å²) in [5.74, 6) is -0.545. The molecule has 0 aromatic heterocycles. The third-order valence-electron chi connectivity index (χ3n) is 2.09. The lowest BCUT2D eigenvalue weighted by molar-refractivity contribution is -0.144. The molecule has 0 heterocycles. The molecule has 0 saturated carbocycles. The molecule has 4 heteroatoms. The Morgan fingerprint density at radius 3 is 1.77 bits per heavy atom. The van der Waals surface area contributed by atoms with Crippen LogP contribution in [0.4, 0.5) is 0 Å². The molecule has 0 saturated heterocycles. The standard InChI is InChI=1S/C9H19NO2.ClH/c1-5-10(6-2)8(7(3)4)9(11)12;/h7-8H,5-6H2,1-4H3,(H,11,12);1H/t8-;/m0./s1. The molecule has 0 fully saturated rings. The summed E-state index contributed by atoms with van der Waals surface area (Å²) in [6, 6.07) is -0.333. The second-order valence-corrected chi connectivity index (χ2v) is 3.25. The summed E-state index contributed by atoms with van der Waals surface area (Å²) in [5.41, 5.74) is 0. The minimum absolute atomic E-state index is 0. The van der Waals surface area contributed by atoms with E-state index in [1.807, 2.05) is 32.6 Å². The zero-order valence-corrected chi connectivity index (χ0v) is 9.60. The van der Waals surface area contributed by atoms with E-state index in [-0.39, 0.29) is 24.4 Å². The SMILES string of the molecule is CCN(CC)[C@H](C(=O)O)C(C)C.Cl. The number of hydrogen-bond donors (Lipinski definition) is 1. The molecule has 0 unspecified atom stereocenters. The molecule has 0 aromatic carbocycles. The summed E-state index contributed by atoms with van der Waals surface area (Å²) in [6.07, 6.45) is 0. The predicted octanol–water partition coefficient (Wildman–Crippen LogP) is 1.86. The highest BCUT2D eigenvalue weighted by atomic mass is 35.5. The highest BCUT2D eigenvalue weighted by Gasteiger charge is 2.26. The van der Waals surface area contributed by atoms with E-state index in [0.29, 0.717) is 0 Å². The van der Waals surface area contributed by atoms with Crippen molar-refractivity contribution in [3.05, 3.63) is 0 Å². The van der Waals surface area contributed by atoms with Gasteiger partial charge in [-0.05, 0) is 19.0 Å². The molecule has 0 aliphatic rings. The molecule has 0 rings (SSSR count). The number of carboxylic acid groups (broad SMARTS) is 1. The monoisotopic (exact) mass is 209 g/mol. The molecule has 0 aliphatic heterocycles. The maximum Gasteiger partial charge on any atom is 0.321 e. The number of carboxylic acids is 1. The van der Waals surface area contributed by atoms with Gasteiger partial charge in [-0.25, -0.2) is 0 Å². The third kappa shape index (κ3) is 4.48. The zero-order valence-electron chi connectivity index (χ0n) is 8.78. The Hall–Kier alpha value is -0.280. The van der Waals surface area contributed by atoms with Crippen molar-refractivity contribution in [1.82, 2.24) is 4.90 Å². The van der Waals surface area contributed by atoms with Crippen LogP contribution in [0, 0.1) is 5.92 Å². The smallest absolute Gasteiger partial charge is 0.321 e. The maximum absolute atomic E-state index is 10.9. The molecular formula is C9H20ClNO2. The van der Waals surface area contributed by atoms with E-state index < -0.39 is 5.97 Å². The Morgan fingerprint density at radius 2 is 1.69 bits per heavy atom. The van der Waals surface area contributed by atoms with Gasteiger partial charge < -0.3 is 5.11 Å². The molecule has 0 spiro atoms. The number of halogens is 1. The van der Waals surface area contributed by atoms with Gasteiger partial charge in [-0.1, -0.05) is 27.7 Å². The Balaban J connectivity index is 0. The summed E-state index contributed by atoms with van der Waals surface area (Å²) >= 11 is 0. The molecule has 0 amide bonds. The molecule has 0 aliphatic carbocycles. The summed E-state index contributed by atoms with van der Waals surface area (Å²) < 4.78 is 0. The van der Waals surface area contributed by atoms with Gasteiger partial charge in [0.1, 0.15) is 6.04 Å². The van der Waals surface area contributed by atoms with Gasteiger partial charge in [0, 0.05) is 0 Å². The van der Waals surface area contributed by atoms with Gasteiger partial charge >= 0.3 is 5.97 Å². The molecule has 13 heavy (non-hydrogen) atoms. The van der Waals surface area contributed by atoms with E-state index in [1.165, 1.54) is 0 Å². The zero-order chi connectivity index (χ0) is 9.72. The van der Waals surface area contributed by atoms with Crippen LogP contribution < -0.4 is 0 Å². The molecule has 0 radical (unpaired) electrons. The fourth-order valence-corrected chi connectivity index (χ4v) is 1.48. The van der Waals surface area contributed by atoms with Crippen LogP contribution in [0.5, 0.6) is 0 Å². The van der Waals surface area contributed by atoms with Crippen molar-refractivity contribution >= 4 is 18.4 Å². The van der Waals surface area contributed by atoms with Crippen LogP contribution >= 0.6 is 12.4 Å². The Labute approximate surface area is 86.5 Å². The van der Waals surface area contributed by atoms with Gasteiger partial charge in [0.15, 0.2) is 0 Å². The largest absolute Gasteiger partial charge is 0.480 e. The van der Waals surface area contributed by atoms with E-state index in [1.54, 1.807) is 0 Å². The number of nitrogens with zero attached hydrogens (tertiary/aromatic N) is 1. The van der Waals surface area contributed by atoms with Crippen molar-refractivity contribution in [2.45, 2.75) is 33.7 Å². The van der Waals surface area contributed by atoms with Gasteiger partial charge in [-0.2, -0.15) is 0 Å². The topological polar surface area (TPSA) is 40.5 Å². The van der Waals surface area contributed by atoms with Crippen LogP contribution in [0.1, 0.15) is 27.7 Å². The Kier molecular flexibility index (Phi) is 8.37. The highest BCUT2D eigenvalue weighted by molar-refractivity contribution is 5.85. The van der Waals surface area contributed by atoms with Gasteiger partial charge in [0.05, 0.1) is 0 Å². The van der Waals surface area contributed by atoms with Gasteiger partial charge in [0.25, 0.3) is 0 Å². The molecule has 1 atom stereocenters. The summed E-state index contributed by atoms with van der Waals surface area (Å²) in [7, 11) is 0. The molecule has 1 N–H and O–H groups in total. The lowest BCUT2D eigenvalue weighted by Crippen LogP contribution is -2.44. The predicted molar refractivity (Wildman–Crippen MR) is 56.4 cm³/mol. The van der Waals surface area contributed by atoms with Gasteiger partial charge in [-0.15, -0.1) is 12.4 Å². The lowest BCUT2D eigenvalue weighted by Gasteiger charge is -2.28. The number of aliphatic carboxylic acids is 1. The van der Waals surface area contributed by atoms with Crippen LogP contribution in [0.2, 0.25) is 0 Å². The minimum atomic E-state index is -0.714. The van der Waals surface area contributed by atoms with Crippen LogP contribution in [0.15, 0.2) is 0 Å². The van der Waals surface area contributed by atoms with Crippen molar-refractivity contribution < 1.29 is 9.90 Å². The average molecular weight is 210 g/mol. The van der Waals surface area contributed by atoms with Crippen molar-refractivity contribution in [1.29, 1.82) is 0 Å². The number of carbonyl (C=O) groups is 1. The molecule has 80 valence electrons. The minimum Gasteiger partial charge on any atom is -0.480 e. The third-order valence-corrected chi connectivity index (χ3v) is 2.09. The van der Waals surface area contributed by atoms with Gasteiger partial charge in [0.2, 0.25) is 0 Å². The van der Waals surface area contributed by atoms with Crippen LogP contribution in [0.25, 0.3) is 0 Å².